The summed E-state index contributed by atoms with van der Waals surface area (Å²) < 4.78 is 39.8. The van der Waals surface area contributed by atoms with Gasteiger partial charge in [0.2, 0.25) is 0 Å². The van der Waals surface area contributed by atoms with Gasteiger partial charge in [0.1, 0.15) is 22.5 Å². The maximum absolute atomic E-state index is 13.3. The van der Waals surface area contributed by atoms with Gasteiger partial charge in [-0.25, -0.2) is 13.2 Å². The fraction of sp³-hybridized carbons (Fsp3) is 0.600. The highest BCUT2D eigenvalue weighted by Gasteiger charge is 2.20. The SMILES string of the molecule is CC1CCC(CCc2cc(F)c(Cl)c(F)c2)CC1.CC1CCC(CCc2ccc(Cl)c(F)c2)CC1.CC1CCC(CCc2ccc(Cl)cc2)CC1. The van der Waals surface area contributed by atoms with Gasteiger partial charge in [-0.1, -0.05) is 151 Å². The average molecular weight is 764 g/mol. The molecule has 0 bridgehead atoms. The van der Waals surface area contributed by atoms with Crippen LogP contribution in [-0.4, -0.2) is 0 Å². The van der Waals surface area contributed by atoms with Gasteiger partial charge in [-0.3, -0.25) is 0 Å². The molecule has 3 aliphatic carbocycles. The second kappa shape index (κ2) is 21.9. The Bertz CT molecular complexity index is 1410. The van der Waals surface area contributed by atoms with Crippen LogP contribution >= 0.6 is 34.8 Å². The maximum atomic E-state index is 13.3. The molecule has 3 fully saturated rings. The molecule has 3 aromatic rings. The predicted molar refractivity (Wildman–Crippen MR) is 213 cm³/mol. The highest BCUT2D eigenvalue weighted by Crippen LogP contribution is 2.34. The van der Waals surface area contributed by atoms with E-state index in [1.54, 1.807) is 12.1 Å². The predicted octanol–water partition coefficient (Wildman–Crippen LogP) is 15.7. The van der Waals surface area contributed by atoms with Gasteiger partial charge < -0.3 is 0 Å². The minimum absolute atomic E-state index is 0.222. The Morgan fingerprint density at radius 1 is 0.451 bits per heavy atom. The standard InChI is InChI=1S/C15H19ClF2.C15H20ClF.C15H21Cl/c1-10-2-4-11(5-3-10)6-7-12-8-13(17)15(16)14(18)9-12;1-11-2-4-12(5-3-11)6-7-13-8-9-14(16)15(17)10-13;1-12-2-4-13(5-3-12)6-7-14-8-10-15(16)11-9-14/h8-11H,2-7H2,1H3;8-12H,2-7H2,1H3;8-13H,2-7H2,1H3. The van der Waals surface area contributed by atoms with E-state index in [-0.39, 0.29) is 10.8 Å². The van der Waals surface area contributed by atoms with Crippen molar-refractivity contribution in [2.45, 2.75) is 136 Å². The molecule has 0 radical (unpaired) electrons. The third kappa shape index (κ3) is 15.3. The Kier molecular flexibility index (Phi) is 18.0. The van der Waals surface area contributed by atoms with E-state index in [4.69, 9.17) is 34.8 Å². The number of hydrogen-bond acceptors (Lipinski definition) is 0. The molecule has 0 N–H and O–H groups in total. The fourth-order valence-corrected chi connectivity index (χ4v) is 8.42. The number of benzene rings is 3. The molecule has 6 heteroatoms. The Balaban J connectivity index is 0.000000172. The van der Waals surface area contributed by atoms with Gasteiger partial charge in [0, 0.05) is 5.02 Å². The molecule has 0 heterocycles. The van der Waals surface area contributed by atoms with Crippen LogP contribution in [0.3, 0.4) is 0 Å². The quantitative estimate of drug-likeness (QED) is 0.190. The molecule has 282 valence electrons. The van der Waals surface area contributed by atoms with Crippen LogP contribution < -0.4 is 0 Å². The van der Waals surface area contributed by atoms with Crippen molar-refractivity contribution < 1.29 is 13.2 Å². The van der Waals surface area contributed by atoms with Gasteiger partial charge in [0.15, 0.2) is 0 Å². The van der Waals surface area contributed by atoms with Crippen LogP contribution in [0.25, 0.3) is 0 Å². The first-order valence-electron chi connectivity index (χ1n) is 19.8. The van der Waals surface area contributed by atoms with E-state index >= 15 is 0 Å². The molecule has 0 atom stereocenters. The van der Waals surface area contributed by atoms with Gasteiger partial charge in [0.05, 0.1) is 5.02 Å². The fourth-order valence-electron chi connectivity index (χ4n) is 8.06. The molecule has 3 aromatic carbocycles. The first kappa shape index (κ1) is 42.1. The van der Waals surface area contributed by atoms with E-state index in [0.717, 1.165) is 59.4 Å². The van der Waals surface area contributed by atoms with E-state index in [0.29, 0.717) is 11.5 Å². The zero-order chi connectivity index (χ0) is 36.8. The minimum Gasteiger partial charge on any atom is -0.205 e. The molecule has 0 amide bonds. The molecule has 51 heavy (non-hydrogen) atoms. The van der Waals surface area contributed by atoms with Crippen molar-refractivity contribution in [1.29, 1.82) is 0 Å². The maximum Gasteiger partial charge on any atom is 0.145 e. The van der Waals surface area contributed by atoms with Crippen LogP contribution in [-0.2, 0) is 19.3 Å². The average Bonchev–Trinajstić information content (AvgIpc) is 3.12. The second-order valence-corrected chi connectivity index (χ2v) is 17.5. The first-order valence-corrected chi connectivity index (χ1v) is 20.9. The lowest BCUT2D eigenvalue weighted by Gasteiger charge is -2.26. The lowest BCUT2D eigenvalue weighted by Crippen LogP contribution is -2.13. The zero-order valence-corrected chi connectivity index (χ0v) is 33.4. The van der Waals surface area contributed by atoms with Crippen LogP contribution in [0.4, 0.5) is 13.2 Å². The molecule has 0 unspecified atom stereocenters. The van der Waals surface area contributed by atoms with E-state index in [9.17, 15) is 13.2 Å². The summed E-state index contributed by atoms with van der Waals surface area (Å²) >= 11 is 17.0. The Labute approximate surface area is 322 Å². The van der Waals surface area contributed by atoms with Crippen molar-refractivity contribution in [3.05, 3.63) is 104 Å². The van der Waals surface area contributed by atoms with E-state index in [1.165, 1.54) is 114 Å². The summed E-state index contributed by atoms with van der Waals surface area (Å²) in [6, 6.07) is 16.2. The van der Waals surface area contributed by atoms with Crippen LogP contribution in [0.1, 0.15) is 134 Å². The molecule has 0 nitrogen and oxygen atoms in total. The number of rotatable bonds is 9. The molecule has 0 aliphatic heterocycles. The topological polar surface area (TPSA) is 0 Å². The first-order chi connectivity index (χ1) is 24.4. The third-order valence-electron chi connectivity index (χ3n) is 11.9. The lowest BCUT2D eigenvalue weighted by molar-refractivity contribution is 0.277. The number of hydrogen-bond donors (Lipinski definition) is 0. The number of halogens is 6. The van der Waals surface area contributed by atoms with E-state index in [2.05, 4.69) is 32.9 Å². The molecular formula is C45H60Cl3F3. The van der Waals surface area contributed by atoms with Crippen molar-refractivity contribution >= 4 is 34.8 Å². The largest absolute Gasteiger partial charge is 0.205 e. The third-order valence-corrected chi connectivity index (χ3v) is 12.8. The molecule has 0 saturated heterocycles. The minimum atomic E-state index is -0.649. The molecular weight excluding hydrogens is 704 g/mol. The lowest BCUT2D eigenvalue weighted by atomic mass is 9.80. The molecule has 3 aliphatic rings. The summed E-state index contributed by atoms with van der Waals surface area (Å²) in [5.41, 5.74) is 3.22. The van der Waals surface area contributed by atoms with Crippen molar-refractivity contribution in [1.82, 2.24) is 0 Å². The van der Waals surface area contributed by atoms with E-state index in [1.807, 2.05) is 18.2 Å². The monoisotopic (exact) mass is 762 g/mol. The Hall–Kier alpha value is -1.68. The highest BCUT2D eigenvalue weighted by atomic mass is 35.5. The van der Waals surface area contributed by atoms with E-state index < -0.39 is 16.7 Å². The summed E-state index contributed by atoms with van der Waals surface area (Å²) in [7, 11) is 0. The van der Waals surface area contributed by atoms with Crippen molar-refractivity contribution in [2.24, 2.45) is 35.5 Å². The normalized spacial score (nSPS) is 24.9. The van der Waals surface area contributed by atoms with Crippen LogP contribution in [0.2, 0.25) is 15.1 Å². The van der Waals surface area contributed by atoms with Gasteiger partial charge in [-0.15, -0.1) is 0 Å². The Morgan fingerprint density at radius 3 is 1.22 bits per heavy atom. The van der Waals surface area contributed by atoms with Crippen LogP contribution in [0, 0.1) is 53.0 Å². The summed E-state index contributed by atoms with van der Waals surface area (Å²) in [6.45, 7) is 7.01. The Morgan fingerprint density at radius 2 is 0.804 bits per heavy atom. The summed E-state index contributed by atoms with van der Waals surface area (Å²) in [4.78, 5) is 0. The van der Waals surface area contributed by atoms with Crippen LogP contribution in [0.15, 0.2) is 54.6 Å². The molecule has 6 rings (SSSR count). The van der Waals surface area contributed by atoms with Gasteiger partial charge >= 0.3 is 0 Å². The summed E-state index contributed by atoms with van der Waals surface area (Å²) in [6.07, 6.45) is 22.7. The summed E-state index contributed by atoms with van der Waals surface area (Å²) in [5, 5.41) is 0.667. The zero-order valence-electron chi connectivity index (χ0n) is 31.2. The van der Waals surface area contributed by atoms with Crippen LogP contribution in [0.5, 0.6) is 0 Å². The highest BCUT2D eigenvalue weighted by molar-refractivity contribution is 6.31. The van der Waals surface area contributed by atoms with Gasteiger partial charge in [-0.05, 0) is 127 Å². The van der Waals surface area contributed by atoms with Crippen molar-refractivity contribution in [2.75, 3.05) is 0 Å². The van der Waals surface area contributed by atoms with Crippen molar-refractivity contribution in [3.63, 3.8) is 0 Å². The van der Waals surface area contributed by atoms with Gasteiger partial charge in [0.25, 0.3) is 0 Å². The second-order valence-electron chi connectivity index (χ2n) is 16.2. The van der Waals surface area contributed by atoms with Crippen molar-refractivity contribution in [3.8, 4) is 0 Å². The number of aryl methyl sites for hydroxylation is 3. The summed E-state index contributed by atoms with van der Waals surface area (Å²) in [5.74, 6) is 3.63. The van der Waals surface area contributed by atoms with Gasteiger partial charge in [-0.2, -0.15) is 0 Å². The molecule has 0 spiro atoms. The smallest absolute Gasteiger partial charge is 0.145 e. The molecule has 3 saturated carbocycles. The molecule has 0 aromatic heterocycles.